The van der Waals surface area contributed by atoms with Gasteiger partial charge in [-0.05, 0) is 37.8 Å². The molecule has 0 aromatic heterocycles. The molecule has 0 aliphatic carbocycles. The van der Waals surface area contributed by atoms with Gasteiger partial charge in [-0.15, -0.1) is 0 Å². The Kier molecular flexibility index (Phi) is 3.99. The summed E-state index contributed by atoms with van der Waals surface area (Å²) in [7, 11) is -2.96. The van der Waals surface area contributed by atoms with Crippen molar-refractivity contribution >= 4 is 21.4 Å². The molecule has 2 aliphatic rings. The largest absolute Gasteiger partial charge is 0.311 e. The average molecular weight is 322 g/mol. The van der Waals surface area contributed by atoms with Crippen molar-refractivity contribution in [1.29, 1.82) is 0 Å². The maximum Gasteiger partial charge on any atom is 0.240 e. The SMILES string of the molecule is CC1(NCC(=O)N2CCCc3ccccc32)CCS(=O)(=O)C1. The molecule has 2 aliphatic heterocycles. The molecular weight excluding hydrogens is 300 g/mol. The summed E-state index contributed by atoms with van der Waals surface area (Å²) in [6.07, 6.45) is 2.54. The number of rotatable bonds is 3. The zero-order chi connectivity index (χ0) is 15.8. The van der Waals surface area contributed by atoms with Crippen molar-refractivity contribution in [1.82, 2.24) is 5.32 Å². The molecule has 1 atom stereocenters. The van der Waals surface area contributed by atoms with Crippen molar-refractivity contribution in [2.24, 2.45) is 0 Å². The summed E-state index contributed by atoms with van der Waals surface area (Å²) < 4.78 is 23.2. The Morgan fingerprint density at radius 1 is 1.36 bits per heavy atom. The normalized spacial score (nSPS) is 26.7. The quantitative estimate of drug-likeness (QED) is 0.906. The summed E-state index contributed by atoms with van der Waals surface area (Å²) in [4.78, 5) is 14.4. The fourth-order valence-corrected chi connectivity index (χ4v) is 5.45. The number of benzene rings is 1. The fourth-order valence-electron chi connectivity index (χ4n) is 3.33. The number of aryl methyl sites for hydroxylation is 1. The zero-order valence-electron chi connectivity index (χ0n) is 12.8. The number of carbonyl (C=O) groups is 1. The Morgan fingerprint density at radius 2 is 2.14 bits per heavy atom. The van der Waals surface area contributed by atoms with Crippen LogP contribution in [0, 0.1) is 0 Å². The van der Waals surface area contributed by atoms with Crippen molar-refractivity contribution in [3.63, 3.8) is 0 Å². The minimum absolute atomic E-state index is 0.0117. The van der Waals surface area contributed by atoms with Crippen molar-refractivity contribution in [3.05, 3.63) is 29.8 Å². The number of nitrogens with one attached hydrogen (secondary N) is 1. The average Bonchev–Trinajstić information content (AvgIpc) is 2.78. The lowest BCUT2D eigenvalue weighted by Gasteiger charge is -2.31. The van der Waals surface area contributed by atoms with Crippen LogP contribution in [-0.2, 0) is 21.1 Å². The first-order valence-electron chi connectivity index (χ1n) is 7.72. The van der Waals surface area contributed by atoms with Crippen LogP contribution in [0.2, 0.25) is 0 Å². The van der Waals surface area contributed by atoms with E-state index >= 15 is 0 Å². The van der Waals surface area contributed by atoms with Gasteiger partial charge >= 0.3 is 0 Å². The zero-order valence-corrected chi connectivity index (χ0v) is 13.7. The topological polar surface area (TPSA) is 66.5 Å². The highest BCUT2D eigenvalue weighted by molar-refractivity contribution is 7.91. The number of amides is 1. The Bertz CT molecular complexity index is 686. The molecular formula is C16H22N2O3S. The molecule has 1 saturated heterocycles. The van der Waals surface area contributed by atoms with Gasteiger partial charge in [0.2, 0.25) is 5.91 Å². The highest BCUT2D eigenvalue weighted by Crippen LogP contribution is 2.27. The summed E-state index contributed by atoms with van der Waals surface area (Å²) in [6.45, 7) is 2.79. The van der Waals surface area contributed by atoms with Crippen LogP contribution in [0.15, 0.2) is 24.3 Å². The molecule has 1 amide bonds. The van der Waals surface area contributed by atoms with Gasteiger partial charge in [0.15, 0.2) is 9.84 Å². The van der Waals surface area contributed by atoms with E-state index < -0.39 is 15.4 Å². The van der Waals surface area contributed by atoms with E-state index in [1.165, 1.54) is 5.56 Å². The molecule has 0 bridgehead atoms. The van der Waals surface area contributed by atoms with Crippen LogP contribution in [0.1, 0.15) is 25.3 Å². The number of sulfone groups is 1. The predicted molar refractivity (Wildman–Crippen MR) is 86.8 cm³/mol. The van der Waals surface area contributed by atoms with E-state index in [-0.39, 0.29) is 24.0 Å². The molecule has 1 aromatic rings. The molecule has 1 aromatic carbocycles. The predicted octanol–water partition coefficient (Wildman–Crippen LogP) is 1.13. The minimum atomic E-state index is -2.96. The highest BCUT2D eigenvalue weighted by Gasteiger charge is 2.38. The van der Waals surface area contributed by atoms with E-state index in [2.05, 4.69) is 11.4 Å². The summed E-state index contributed by atoms with van der Waals surface area (Å²) in [5, 5.41) is 3.17. The van der Waals surface area contributed by atoms with Gasteiger partial charge in [0, 0.05) is 17.8 Å². The number of para-hydroxylation sites is 1. The van der Waals surface area contributed by atoms with E-state index in [1.54, 1.807) is 0 Å². The van der Waals surface area contributed by atoms with Crippen LogP contribution in [0.5, 0.6) is 0 Å². The van der Waals surface area contributed by atoms with Gasteiger partial charge in [-0.1, -0.05) is 18.2 Å². The first-order valence-corrected chi connectivity index (χ1v) is 9.54. The maximum absolute atomic E-state index is 12.5. The van der Waals surface area contributed by atoms with Gasteiger partial charge in [0.25, 0.3) is 0 Å². The van der Waals surface area contributed by atoms with Crippen molar-refractivity contribution in [3.8, 4) is 0 Å². The monoisotopic (exact) mass is 322 g/mol. The van der Waals surface area contributed by atoms with E-state index in [0.29, 0.717) is 6.42 Å². The molecule has 1 unspecified atom stereocenters. The van der Waals surface area contributed by atoms with Gasteiger partial charge < -0.3 is 10.2 Å². The van der Waals surface area contributed by atoms with Crippen molar-refractivity contribution < 1.29 is 13.2 Å². The van der Waals surface area contributed by atoms with Gasteiger partial charge in [0.1, 0.15) is 0 Å². The van der Waals surface area contributed by atoms with Gasteiger partial charge in [-0.25, -0.2) is 8.42 Å². The smallest absolute Gasteiger partial charge is 0.240 e. The van der Waals surface area contributed by atoms with Crippen molar-refractivity contribution in [2.75, 3.05) is 29.5 Å². The van der Waals surface area contributed by atoms with Gasteiger partial charge in [-0.2, -0.15) is 0 Å². The van der Waals surface area contributed by atoms with Crippen LogP contribution < -0.4 is 10.2 Å². The molecule has 2 heterocycles. The molecule has 3 rings (SSSR count). The Morgan fingerprint density at radius 3 is 2.86 bits per heavy atom. The van der Waals surface area contributed by atoms with Crippen LogP contribution in [-0.4, -0.2) is 44.5 Å². The second kappa shape index (κ2) is 5.66. The summed E-state index contributed by atoms with van der Waals surface area (Å²) in [5.74, 6) is 0.332. The summed E-state index contributed by atoms with van der Waals surface area (Å²) in [6, 6.07) is 7.99. The van der Waals surface area contributed by atoms with Crippen molar-refractivity contribution in [2.45, 2.75) is 31.7 Å². The molecule has 0 radical (unpaired) electrons. The molecule has 5 nitrogen and oxygen atoms in total. The van der Waals surface area contributed by atoms with E-state index in [9.17, 15) is 13.2 Å². The van der Waals surface area contributed by atoms with Gasteiger partial charge in [-0.3, -0.25) is 4.79 Å². The van der Waals surface area contributed by atoms with Crippen LogP contribution >= 0.6 is 0 Å². The molecule has 22 heavy (non-hydrogen) atoms. The standard InChI is InChI=1S/C16H22N2O3S/c1-16(8-10-22(20,21)12-16)17-11-15(19)18-9-4-6-13-5-2-3-7-14(13)18/h2-3,5,7,17H,4,6,8-12H2,1H3. The number of carbonyl (C=O) groups excluding carboxylic acids is 1. The lowest BCUT2D eigenvalue weighted by molar-refractivity contribution is -0.118. The van der Waals surface area contributed by atoms with Gasteiger partial charge in [0.05, 0.1) is 18.1 Å². The third kappa shape index (κ3) is 3.17. The number of nitrogens with zero attached hydrogens (tertiary/aromatic N) is 1. The molecule has 0 spiro atoms. The number of hydrogen-bond acceptors (Lipinski definition) is 4. The van der Waals surface area contributed by atoms with E-state index in [4.69, 9.17) is 0 Å². The Balaban J connectivity index is 1.66. The molecule has 1 fully saturated rings. The maximum atomic E-state index is 12.5. The Labute approximate surface area is 131 Å². The molecule has 6 heteroatoms. The summed E-state index contributed by atoms with van der Waals surface area (Å²) in [5.41, 5.74) is 1.71. The second-order valence-electron chi connectivity index (χ2n) is 6.53. The lowest BCUT2D eigenvalue weighted by Crippen LogP contribution is -2.49. The number of fused-ring (bicyclic) bond motifs is 1. The van der Waals surface area contributed by atoms with E-state index in [0.717, 1.165) is 25.1 Å². The van der Waals surface area contributed by atoms with Crippen LogP contribution in [0.25, 0.3) is 0 Å². The lowest BCUT2D eigenvalue weighted by atomic mass is 10.0. The number of hydrogen-bond donors (Lipinski definition) is 1. The van der Waals surface area contributed by atoms with Crippen LogP contribution in [0.4, 0.5) is 5.69 Å². The number of anilines is 1. The molecule has 120 valence electrons. The second-order valence-corrected chi connectivity index (χ2v) is 8.72. The van der Waals surface area contributed by atoms with Crippen LogP contribution in [0.3, 0.4) is 0 Å². The fraction of sp³-hybridized carbons (Fsp3) is 0.562. The molecule has 0 saturated carbocycles. The Hall–Kier alpha value is -1.40. The summed E-state index contributed by atoms with van der Waals surface area (Å²) >= 11 is 0. The molecule has 1 N–H and O–H groups in total. The first kappa shape index (κ1) is 15.5. The third-order valence-electron chi connectivity index (χ3n) is 4.58. The minimum Gasteiger partial charge on any atom is -0.311 e. The van der Waals surface area contributed by atoms with E-state index in [1.807, 2.05) is 30.0 Å². The highest BCUT2D eigenvalue weighted by atomic mass is 32.2. The third-order valence-corrected chi connectivity index (χ3v) is 6.48. The first-order chi connectivity index (χ1) is 10.4.